The number of nitrogens with zero attached hydrogens (tertiary/aromatic N) is 2. The molecule has 3 rings (SSSR count). The van der Waals surface area contributed by atoms with E-state index in [2.05, 4.69) is 26.5 Å². The first kappa shape index (κ1) is 22.7. The van der Waals surface area contributed by atoms with E-state index in [1.807, 2.05) is 37.3 Å². The number of carbonyl (C=O) groups is 1. The highest BCUT2D eigenvalue weighted by Gasteiger charge is 2.28. The van der Waals surface area contributed by atoms with Gasteiger partial charge < -0.3 is 0 Å². The summed E-state index contributed by atoms with van der Waals surface area (Å²) >= 11 is 3.41. The number of halogens is 1. The van der Waals surface area contributed by atoms with Crippen molar-refractivity contribution < 1.29 is 13.2 Å². The molecule has 0 heterocycles. The molecule has 0 aliphatic heterocycles. The molecule has 160 valence electrons. The Hall–Kier alpha value is -2.97. The van der Waals surface area contributed by atoms with Crippen molar-refractivity contribution in [2.75, 3.05) is 10.8 Å². The highest BCUT2D eigenvalue weighted by molar-refractivity contribution is 9.10. The number of carbonyl (C=O) groups excluding carboxylic acids is 1. The van der Waals surface area contributed by atoms with Crippen molar-refractivity contribution >= 4 is 43.8 Å². The number of amides is 1. The van der Waals surface area contributed by atoms with Gasteiger partial charge >= 0.3 is 0 Å². The minimum atomic E-state index is -3.96. The summed E-state index contributed by atoms with van der Waals surface area (Å²) in [6.45, 7) is 3.27. The molecule has 6 nitrogen and oxygen atoms in total. The van der Waals surface area contributed by atoms with Crippen molar-refractivity contribution in [3.05, 3.63) is 94.0 Å². The summed E-state index contributed by atoms with van der Waals surface area (Å²) < 4.78 is 28.7. The Morgan fingerprint density at radius 1 is 1.00 bits per heavy atom. The summed E-state index contributed by atoms with van der Waals surface area (Å²) in [4.78, 5) is 12.7. The van der Waals surface area contributed by atoms with Crippen LogP contribution in [0.15, 0.2) is 87.3 Å². The third kappa shape index (κ3) is 5.59. The summed E-state index contributed by atoms with van der Waals surface area (Å²) in [6.07, 6.45) is 1.49. The van der Waals surface area contributed by atoms with Gasteiger partial charge in [0.05, 0.1) is 16.8 Å². The first-order valence-electron chi connectivity index (χ1n) is 9.50. The number of anilines is 1. The van der Waals surface area contributed by atoms with E-state index in [1.54, 1.807) is 49.4 Å². The zero-order valence-electron chi connectivity index (χ0n) is 17.1. The van der Waals surface area contributed by atoms with E-state index in [4.69, 9.17) is 0 Å². The second-order valence-corrected chi connectivity index (χ2v) is 9.64. The Balaban J connectivity index is 1.87. The van der Waals surface area contributed by atoms with Crippen LogP contribution in [0.4, 0.5) is 5.69 Å². The number of sulfonamides is 1. The summed E-state index contributed by atoms with van der Waals surface area (Å²) in [5.74, 6) is -0.553. The van der Waals surface area contributed by atoms with Crippen molar-refractivity contribution in [3.8, 4) is 0 Å². The average Bonchev–Trinajstić information content (AvgIpc) is 2.74. The van der Waals surface area contributed by atoms with E-state index in [-0.39, 0.29) is 4.90 Å². The van der Waals surface area contributed by atoms with Crippen LogP contribution in [0.2, 0.25) is 0 Å². The number of para-hydroxylation sites is 1. The molecule has 3 aromatic carbocycles. The third-order valence-corrected chi connectivity index (χ3v) is 7.07. The van der Waals surface area contributed by atoms with E-state index >= 15 is 0 Å². The van der Waals surface area contributed by atoms with Crippen LogP contribution >= 0.6 is 15.9 Å². The highest BCUT2D eigenvalue weighted by Crippen LogP contribution is 2.26. The molecule has 8 heteroatoms. The summed E-state index contributed by atoms with van der Waals surface area (Å²) in [6, 6.07) is 21.0. The zero-order valence-corrected chi connectivity index (χ0v) is 19.5. The molecule has 31 heavy (non-hydrogen) atoms. The van der Waals surface area contributed by atoms with Crippen molar-refractivity contribution in [2.24, 2.45) is 5.10 Å². The van der Waals surface area contributed by atoms with Gasteiger partial charge in [-0.15, -0.1) is 0 Å². The van der Waals surface area contributed by atoms with Crippen LogP contribution < -0.4 is 9.73 Å². The van der Waals surface area contributed by atoms with Gasteiger partial charge in [0.2, 0.25) is 0 Å². The van der Waals surface area contributed by atoms with Crippen LogP contribution in [0.3, 0.4) is 0 Å². The van der Waals surface area contributed by atoms with Crippen molar-refractivity contribution in [3.63, 3.8) is 0 Å². The molecule has 0 saturated carbocycles. The molecule has 0 atom stereocenters. The van der Waals surface area contributed by atoms with Crippen LogP contribution in [0.1, 0.15) is 16.7 Å². The molecular weight excluding hydrogens is 478 g/mol. The van der Waals surface area contributed by atoms with Crippen LogP contribution in [-0.4, -0.2) is 27.1 Å². The molecule has 1 N–H and O–H groups in total. The molecular formula is C23H22BrN3O3S. The van der Waals surface area contributed by atoms with Crippen molar-refractivity contribution in [1.82, 2.24) is 5.43 Å². The minimum absolute atomic E-state index is 0.117. The lowest BCUT2D eigenvalue weighted by atomic mass is 10.2. The Morgan fingerprint density at radius 3 is 2.32 bits per heavy atom. The number of rotatable bonds is 7. The summed E-state index contributed by atoms with van der Waals surface area (Å²) in [5.41, 5.74) is 5.32. The predicted molar refractivity (Wildman–Crippen MR) is 127 cm³/mol. The maximum atomic E-state index is 13.4. The van der Waals surface area contributed by atoms with Gasteiger partial charge in [0, 0.05) is 10.0 Å². The number of hydrazone groups is 1. The van der Waals surface area contributed by atoms with Gasteiger partial charge in [0.15, 0.2) is 0 Å². The van der Waals surface area contributed by atoms with Crippen molar-refractivity contribution in [1.29, 1.82) is 0 Å². The quantitative estimate of drug-likeness (QED) is 0.386. The Morgan fingerprint density at radius 2 is 1.65 bits per heavy atom. The Bertz CT molecular complexity index is 1210. The van der Waals surface area contributed by atoms with Crippen LogP contribution in [-0.2, 0) is 14.8 Å². The van der Waals surface area contributed by atoms with Crippen LogP contribution in [0.25, 0.3) is 0 Å². The van der Waals surface area contributed by atoms with Gasteiger partial charge in [0.1, 0.15) is 6.54 Å². The summed E-state index contributed by atoms with van der Waals surface area (Å²) in [7, 11) is -3.96. The molecule has 0 aliphatic rings. The number of hydrogen-bond donors (Lipinski definition) is 1. The maximum Gasteiger partial charge on any atom is 0.264 e. The van der Waals surface area contributed by atoms with Gasteiger partial charge in [-0.2, -0.15) is 5.10 Å². The molecule has 0 aliphatic carbocycles. The molecule has 0 fully saturated rings. The van der Waals surface area contributed by atoms with Gasteiger partial charge in [-0.1, -0.05) is 70.0 Å². The Labute approximate surface area is 190 Å². The second-order valence-electron chi connectivity index (χ2n) is 6.93. The molecule has 0 saturated heterocycles. The van der Waals surface area contributed by atoms with Gasteiger partial charge in [0.25, 0.3) is 15.9 Å². The highest BCUT2D eigenvalue weighted by atomic mass is 79.9. The predicted octanol–water partition coefficient (Wildman–Crippen LogP) is 4.41. The third-order valence-electron chi connectivity index (χ3n) is 4.58. The molecule has 1 amide bonds. The molecule has 0 spiro atoms. The van der Waals surface area contributed by atoms with E-state index in [1.165, 1.54) is 6.21 Å². The lowest BCUT2D eigenvalue weighted by Gasteiger charge is -2.25. The number of aryl methyl sites for hydroxylation is 2. The fraction of sp³-hybridized carbons (Fsp3) is 0.130. The zero-order chi connectivity index (χ0) is 22.4. The molecule has 0 radical (unpaired) electrons. The smallest absolute Gasteiger partial charge is 0.264 e. The number of hydrogen-bond acceptors (Lipinski definition) is 4. The fourth-order valence-electron chi connectivity index (χ4n) is 2.90. The fourth-order valence-corrected chi connectivity index (χ4v) is 4.77. The normalized spacial score (nSPS) is 11.5. The molecule has 0 aromatic heterocycles. The first-order valence-corrected chi connectivity index (χ1v) is 11.7. The molecule has 0 bridgehead atoms. The topological polar surface area (TPSA) is 78.8 Å². The van der Waals surface area contributed by atoms with E-state index in [0.717, 1.165) is 25.5 Å². The SMILES string of the molecule is Cc1ccc(S(=O)(=O)N(CC(=O)N/N=C/c2ccccc2Br)c2ccccc2C)cc1. The molecule has 0 unspecified atom stereocenters. The Kier molecular flexibility index (Phi) is 7.25. The number of nitrogens with one attached hydrogen (secondary N) is 1. The van der Waals surface area contributed by atoms with E-state index < -0.39 is 22.5 Å². The molecule has 3 aromatic rings. The van der Waals surface area contributed by atoms with Crippen LogP contribution in [0.5, 0.6) is 0 Å². The summed E-state index contributed by atoms with van der Waals surface area (Å²) in [5, 5.41) is 3.96. The van der Waals surface area contributed by atoms with Gasteiger partial charge in [-0.25, -0.2) is 13.8 Å². The largest absolute Gasteiger partial charge is 0.271 e. The van der Waals surface area contributed by atoms with Gasteiger partial charge in [-0.3, -0.25) is 9.10 Å². The lowest BCUT2D eigenvalue weighted by Crippen LogP contribution is -2.40. The lowest BCUT2D eigenvalue weighted by molar-refractivity contribution is -0.119. The van der Waals surface area contributed by atoms with Crippen molar-refractivity contribution in [2.45, 2.75) is 18.7 Å². The second kappa shape index (κ2) is 9.89. The number of benzene rings is 3. The first-order chi connectivity index (χ1) is 14.8. The monoisotopic (exact) mass is 499 g/mol. The van der Waals surface area contributed by atoms with E-state index in [9.17, 15) is 13.2 Å². The van der Waals surface area contributed by atoms with Gasteiger partial charge in [-0.05, 0) is 43.7 Å². The maximum absolute atomic E-state index is 13.4. The average molecular weight is 500 g/mol. The minimum Gasteiger partial charge on any atom is -0.271 e. The van der Waals surface area contributed by atoms with Crippen LogP contribution in [0, 0.1) is 13.8 Å². The van der Waals surface area contributed by atoms with E-state index in [0.29, 0.717) is 5.69 Å². The standard InChI is InChI=1S/C23H22BrN3O3S/c1-17-11-13-20(14-12-17)31(29,30)27(22-10-6-3-7-18(22)2)16-23(28)26-25-15-19-8-4-5-9-21(19)24/h3-15H,16H2,1-2H3,(H,26,28)/b25-15+.